The fourth-order valence-electron chi connectivity index (χ4n) is 2.94. The molecule has 0 fully saturated rings. The van der Waals surface area contributed by atoms with E-state index in [1.165, 1.54) is 7.11 Å². The number of benzene rings is 2. The molecule has 0 saturated carbocycles. The van der Waals surface area contributed by atoms with Gasteiger partial charge in [-0.1, -0.05) is 23.7 Å². The van der Waals surface area contributed by atoms with Crippen molar-refractivity contribution < 1.29 is 9.53 Å². The highest BCUT2D eigenvalue weighted by molar-refractivity contribution is 7.15. The second-order valence-electron chi connectivity index (χ2n) is 5.94. The van der Waals surface area contributed by atoms with Crippen LogP contribution in [0.15, 0.2) is 58.9 Å². The number of methoxy groups -OCH3 is 1. The first kappa shape index (κ1) is 17.6. The first-order chi connectivity index (χ1) is 13.2. The van der Waals surface area contributed by atoms with Crippen LogP contribution >= 0.6 is 22.9 Å². The van der Waals surface area contributed by atoms with Crippen molar-refractivity contribution in [3.8, 4) is 11.1 Å². The van der Waals surface area contributed by atoms with Gasteiger partial charge in [-0.2, -0.15) is 0 Å². The molecule has 1 atom stereocenters. The van der Waals surface area contributed by atoms with Gasteiger partial charge in [-0.05, 0) is 42.0 Å². The lowest BCUT2D eigenvalue weighted by atomic mass is 10.0. The number of thiophene rings is 1. The maximum atomic E-state index is 11.6. The quantitative estimate of drug-likeness (QED) is 0.577. The summed E-state index contributed by atoms with van der Waals surface area (Å²) in [5.74, 6) is -0.355. The number of nitrogens with one attached hydrogen (secondary N) is 2. The number of aliphatic imine (C=N–C) groups is 1. The normalized spacial score (nSPS) is 15.0. The topological polar surface area (TPSA) is 62.7 Å². The Labute approximate surface area is 165 Å². The molecule has 136 valence electrons. The zero-order chi connectivity index (χ0) is 18.8. The molecule has 2 heterocycles. The average molecular weight is 398 g/mol. The fraction of sp³-hybridized carbons (Fsp3) is 0.100. The van der Waals surface area contributed by atoms with Gasteiger partial charge in [-0.3, -0.25) is 0 Å². The molecule has 0 aliphatic carbocycles. The van der Waals surface area contributed by atoms with Crippen LogP contribution in [0, 0.1) is 0 Å². The van der Waals surface area contributed by atoms with Gasteiger partial charge in [-0.15, -0.1) is 11.3 Å². The van der Waals surface area contributed by atoms with Gasteiger partial charge in [0.25, 0.3) is 0 Å². The molecule has 0 radical (unpaired) electrons. The van der Waals surface area contributed by atoms with Gasteiger partial charge in [0.1, 0.15) is 11.2 Å². The highest BCUT2D eigenvalue weighted by Crippen LogP contribution is 2.42. The van der Waals surface area contributed by atoms with E-state index in [0.29, 0.717) is 10.6 Å². The minimum absolute atomic E-state index is 0.234. The van der Waals surface area contributed by atoms with Crippen molar-refractivity contribution in [2.75, 3.05) is 17.7 Å². The van der Waals surface area contributed by atoms with Gasteiger partial charge >= 0.3 is 5.97 Å². The van der Waals surface area contributed by atoms with Crippen LogP contribution in [-0.4, -0.2) is 19.4 Å². The molecule has 1 aliphatic rings. The summed E-state index contributed by atoms with van der Waals surface area (Å²) >= 11 is 7.66. The van der Waals surface area contributed by atoms with Crippen LogP contribution < -0.4 is 10.6 Å². The molecule has 27 heavy (non-hydrogen) atoms. The van der Waals surface area contributed by atoms with Gasteiger partial charge in [-0.25, -0.2) is 9.79 Å². The molecule has 4 rings (SSSR count). The summed E-state index contributed by atoms with van der Waals surface area (Å²) in [5.41, 5.74) is 4.66. The number of carbonyl (C=O) groups is 1. The highest BCUT2D eigenvalue weighted by Gasteiger charge is 2.24. The number of ether oxygens (including phenoxy) is 1. The second kappa shape index (κ2) is 7.42. The Hall–Kier alpha value is -2.83. The summed E-state index contributed by atoms with van der Waals surface area (Å²) < 4.78 is 4.74. The predicted molar refractivity (Wildman–Crippen MR) is 111 cm³/mol. The van der Waals surface area contributed by atoms with E-state index in [2.05, 4.69) is 21.0 Å². The third-order valence-electron chi connectivity index (χ3n) is 4.29. The van der Waals surface area contributed by atoms with Gasteiger partial charge in [0.2, 0.25) is 0 Å². The van der Waals surface area contributed by atoms with Gasteiger partial charge in [0, 0.05) is 27.2 Å². The Bertz CT molecular complexity index is 997. The first-order valence-electron chi connectivity index (χ1n) is 8.26. The summed E-state index contributed by atoms with van der Waals surface area (Å²) in [6, 6.07) is 14.9. The molecular weight excluding hydrogens is 382 g/mol. The maximum absolute atomic E-state index is 11.6. The zero-order valence-corrected chi connectivity index (χ0v) is 16.0. The summed E-state index contributed by atoms with van der Waals surface area (Å²) in [4.78, 5) is 16.1. The van der Waals surface area contributed by atoms with E-state index in [9.17, 15) is 4.79 Å². The van der Waals surface area contributed by atoms with Gasteiger partial charge in [0.05, 0.1) is 19.0 Å². The van der Waals surface area contributed by atoms with E-state index in [-0.39, 0.29) is 12.1 Å². The van der Waals surface area contributed by atoms with Crippen molar-refractivity contribution in [2.45, 2.75) is 6.17 Å². The molecule has 0 bridgehead atoms. The third kappa shape index (κ3) is 3.54. The van der Waals surface area contributed by atoms with Crippen molar-refractivity contribution >= 4 is 45.9 Å². The number of rotatable bonds is 4. The van der Waals surface area contributed by atoms with Crippen molar-refractivity contribution in [2.24, 2.45) is 4.99 Å². The molecule has 1 unspecified atom stereocenters. The summed E-state index contributed by atoms with van der Waals surface area (Å²) in [7, 11) is 1.37. The number of carbonyl (C=O) groups excluding carboxylic acids is 1. The van der Waals surface area contributed by atoms with E-state index in [4.69, 9.17) is 16.3 Å². The molecule has 0 amide bonds. The Morgan fingerprint density at radius 1 is 1.19 bits per heavy atom. The monoisotopic (exact) mass is 397 g/mol. The van der Waals surface area contributed by atoms with Crippen molar-refractivity contribution in [1.82, 2.24) is 0 Å². The largest absolute Gasteiger partial charge is 0.465 e. The van der Waals surface area contributed by atoms with Crippen LogP contribution in [0.25, 0.3) is 11.1 Å². The lowest BCUT2D eigenvalue weighted by Gasteiger charge is -2.22. The Morgan fingerprint density at radius 2 is 1.93 bits per heavy atom. The molecule has 0 spiro atoms. The van der Waals surface area contributed by atoms with E-state index in [1.54, 1.807) is 29.8 Å². The first-order valence-corrected chi connectivity index (χ1v) is 9.52. The molecular formula is C20H16ClN3O2S. The number of esters is 1. The van der Waals surface area contributed by atoms with Crippen molar-refractivity contribution in [3.63, 3.8) is 0 Å². The van der Waals surface area contributed by atoms with Crippen LogP contribution in [-0.2, 0) is 4.74 Å². The van der Waals surface area contributed by atoms with E-state index in [0.717, 1.165) is 27.4 Å². The Kier molecular flexibility index (Phi) is 4.83. The molecule has 1 aromatic heterocycles. The van der Waals surface area contributed by atoms with Crippen LogP contribution in [0.3, 0.4) is 0 Å². The third-order valence-corrected chi connectivity index (χ3v) is 5.47. The highest BCUT2D eigenvalue weighted by atomic mass is 35.5. The molecule has 1 aliphatic heterocycles. The molecule has 3 aromatic rings. The number of hydrogen-bond donors (Lipinski definition) is 2. The number of hydrogen-bond acceptors (Lipinski definition) is 6. The Balaban J connectivity index is 1.63. The minimum atomic E-state index is -0.355. The average Bonchev–Trinajstić information content (AvgIpc) is 3.14. The maximum Gasteiger partial charge on any atom is 0.337 e. The standard InChI is InChI=1S/C20H16ClN3O2S/c1-26-20(25)13-4-8-15(9-5-13)24-18-17-16(10-27-19(17)23-11-22-18)12-2-6-14(21)7-3-12/h2-11,18,24H,1H3,(H,22,23). The van der Waals surface area contributed by atoms with E-state index in [1.807, 2.05) is 36.4 Å². The lowest BCUT2D eigenvalue weighted by Crippen LogP contribution is -2.16. The fourth-order valence-corrected chi connectivity index (χ4v) is 4.03. The Morgan fingerprint density at radius 3 is 2.63 bits per heavy atom. The zero-order valence-electron chi connectivity index (χ0n) is 14.4. The molecule has 2 N–H and O–H groups in total. The number of halogens is 1. The van der Waals surface area contributed by atoms with Crippen molar-refractivity contribution in [3.05, 3.63) is 70.1 Å². The molecule has 5 nitrogen and oxygen atoms in total. The van der Waals surface area contributed by atoms with E-state index >= 15 is 0 Å². The van der Waals surface area contributed by atoms with Gasteiger partial charge in [0.15, 0.2) is 0 Å². The van der Waals surface area contributed by atoms with Crippen LogP contribution in [0.4, 0.5) is 10.7 Å². The van der Waals surface area contributed by atoms with Crippen molar-refractivity contribution in [1.29, 1.82) is 0 Å². The second-order valence-corrected chi connectivity index (χ2v) is 7.25. The van der Waals surface area contributed by atoms with Crippen LogP contribution in [0.1, 0.15) is 22.1 Å². The summed E-state index contributed by atoms with van der Waals surface area (Å²) in [6.45, 7) is 0. The number of fused-ring (bicyclic) bond motifs is 1. The molecule has 7 heteroatoms. The van der Waals surface area contributed by atoms with Crippen LogP contribution in [0.5, 0.6) is 0 Å². The summed E-state index contributed by atoms with van der Waals surface area (Å²) in [6.07, 6.45) is 1.47. The predicted octanol–water partition coefficient (Wildman–Crippen LogP) is 5.42. The van der Waals surface area contributed by atoms with E-state index < -0.39 is 0 Å². The smallest absolute Gasteiger partial charge is 0.337 e. The van der Waals surface area contributed by atoms with Gasteiger partial charge < -0.3 is 15.4 Å². The molecule has 2 aromatic carbocycles. The lowest BCUT2D eigenvalue weighted by molar-refractivity contribution is 0.0601. The summed E-state index contributed by atoms with van der Waals surface area (Å²) in [5, 5.41) is 10.5. The number of nitrogens with zero attached hydrogens (tertiary/aromatic N) is 1. The van der Waals surface area contributed by atoms with Crippen LogP contribution in [0.2, 0.25) is 5.02 Å². The number of anilines is 2. The minimum Gasteiger partial charge on any atom is -0.465 e. The SMILES string of the molecule is COC(=O)c1ccc(NC2N=CNc3scc(-c4ccc(Cl)cc4)c32)cc1. The molecule has 0 saturated heterocycles.